The van der Waals surface area contributed by atoms with E-state index in [-0.39, 0.29) is 23.3 Å². The molecule has 1 aromatic heterocycles. The monoisotopic (exact) mass is 391 g/mol. The molecule has 0 unspecified atom stereocenters. The van der Waals surface area contributed by atoms with E-state index in [9.17, 15) is 9.90 Å². The predicted molar refractivity (Wildman–Crippen MR) is 103 cm³/mol. The highest BCUT2D eigenvalue weighted by atomic mass is 35.5. The van der Waals surface area contributed by atoms with E-state index >= 15 is 0 Å². The Bertz CT molecular complexity index is 841. The summed E-state index contributed by atoms with van der Waals surface area (Å²) in [6.07, 6.45) is 0.805. The third kappa shape index (κ3) is 4.06. The number of nitrogens with zero attached hydrogens (tertiary/aromatic N) is 3. The summed E-state index contributed by atoms with van der Waals surface area (Å²) in [5.41, 5.74) is 7.35. The van der Waals surface area contributed by atoms with Crippen molar-refractivity contribution < 1.29 is 14.6 Å². The molecule has 0 aliphatic carbocycles. The molecule has 1 aliphatic heterocycles. The molecule has 27 heavy (non-hydrogen) atoms. The summed E-state index contributed by atoms with van der Waals surface area (Å²) in [6.45, 7) is 3.49. The number of halogens is 1. The summed E-state index contributed by atoms with van der Waals surface area (Å²) in [5, 5.41) is 13.2. The Morgan fingerprint density at radius 1 is 1.41 bits per heavy atom. The molecular weight excluding hydrogens is 370 g/mol. The molecular formula is C18H22ClN5O3. The highest BCUT2D eigenvalue weighted by Gasteiger charge is 2.28. The number of aromatic nitrogens is 2. The van der Waals surface area contributed by atoms with Gasteiger partial charge in [0.2, 0.25) is 5.95 Å². The Morgan fingerprint density at radius 2 is 2.19 bits per heavy atom. The molecule has 9 heteroatoms. The minimum Gasteiger partial charge on any atom is -0.507 e. The predicted octanol–water partition coefficient (Wildman–Crippen LogP) is 2.05. The van der Waals surface area contributed by atoms with E-state index in [0.717, 1.165) is 12.1 Å². The first-order chi connectivity index (χ1) is 12.9. The van der Waals surface area contributed by atoms with Crippen molar-refractivity contribution in [2.75, 3.05) is 37.4 Å². The van der Waals surface area contributed by atoms with Crippen molar-refractivity contribution in [1.82, 2.24) is 15.3 Å². The summed E-state index contributed by atoms with van der Waals surface area (Å²) < 4.78 is 5.73. The van der Waals surface area contributed by atoms with Crippen LogP contribution in [0.2, 0.25) is 5.02 Å². The van der Waals surface area contributed by atoms with Crippen LogP contribution in [-0.2, 0) is 4.74 Å². The van der Waals surface area contributed by atoms with E-state index in [1.807, 2.05) is 17.9 Å². The number of nitrogens with two attached hydrogens (primary N) is 1. The molecule has 2 aromatic rings. The minimum absolute atomic E-state index is 0.120. The summed E-state index contributed by atoms with van der Waals surface area (Å²) in [4.78, 5) is 22.4. The molecule has 8 nitrogen and oxygen atoms in total. The lowest BCUT2D eigenvalue weighted by atomic mass is 10.0. The van der Waals surface area contributed by atoms with Gasteiger partial charge >= 0.3 is 0 Å². The molecule has 0 bridgehead atoms. The van der Waals surface area contributed by atoms with Gasteiger partial charge in [-0.15, -0.1) is 0 Å². The van der Waals surface area contributed by atoms with E-state index < -0.39 is 5.91 Å². The van der Waals surface area contributed by atoms with Crippen molar-refractivity contribution in [3.63, 3.8) is 0 Å². The number of nitrogens with one attached hydrogen (secondary N) is 1. The molecule has 4 N–H and O–H groups in total. The van der Waals surface area contributed by atoms with E-state index in [1.54, 1.807) is 0 Å². The van der Waals surface area contributed by atoms with Gasteiger partial charge < -0.3 is 25.8 Å². The average molecular weight is 392 g/mol. The maximum atomic E-state index is 11.9. The smallest absolute Gasteiger partial charge is 0.254 e. The van der Waals surface area contributed by atoms with Crippen molar-refractivity contribution in [2.24, 2.45) is 0 Å². The fraction of sp³-hybridized carbons (Fsp3) is 0.389. The van der Waals surface area contributed by atoms with E-state index in [0.29, 0.717) is 36.2 Å². The van der Waals surface area contributed by atoms with Crippen LogP contribution in [0.25, 0.3) is 0 Å². The lowest BCUT2D eigenvalue weighted by Gasteiger charge is -2.31. The fourth-order valence-corrected chi connectivity index (χ4v) is 3.47. The third-order valence-electron chi connectivity index (χ3n) is 4.44. The van der Waals surface area contributed by atoms with E-state index in [2.05, 4.69) is 15.3 Å². The van der Waals surface area contributed by atoms with Gasteiger partial charge in [-0.25, -0.2) is 4.98 Å². The first-order valence-corrected chi connectivity index (χ1v) is 8.98. The highest BCUT2D eigenvalue weighted by Crippen LogP contribution is 2.36. The quantitative estimate of drug-likeness (QED) is 0.733. The van der Waals surface area contributed by atoms with Gasteiger partial charge in [0.1, 0.15) is 11.6 Å². The topological polar surface area (TPSA) is 114 Å². The second-order valence-corrected chi connectivity index (χ2v) is 6.74. The van der Waals surface area contributed by atoms with Gasteiger partial charge in [-0.3, -0.25) is 4.79 Å². The van der Waals surface area contributed by atoms with E-state index in [4.69, 9.17) is 22.1 Å². The second-order valence-electron chi connectivity index (χ2n) is 6.33. The Balaban J connectivity index is 2.06. The number of ether oxygens (including phenoxy) is 1. The molecule has 144 valence electrons. The largest absolute Gasteiger partial charge is 0.507 e. The number of rotatable bonds is 3. The maximum absolute atomic E-state index is 11.9. The van der Waals surface area contributed by atoms with Gasteiger partial charge in [-0.1, -0.05) is 11.6 Å². The van der Waals surface area contributed by atoms with Gasteiger partial charge in [0.05, 0.1) is 18.2 Å². The summed E-state index contributed by atoms with van der Waals surface area (Å²) in [6, 6.07) is 4.53. The minimum atomic E-state index is -0.408. The van der Waals surface area contributed by atoms with Gasteiger partial charge in [0.15, 0.2) is 0 Å². The van der Waals surface area contributed by atoms with Gasteiger partial charge in [0, 0.05) is 37.0 Å². The summed E-state index contributed by atoms with van der Waals surface area (Å²) >= 11 is 6.47. The Morgan fingerprint density at radius 3 is 2.89 bits per heavy atom. The molecule has 1 saturated heterocycles. The summed E-state index contributed by atoms with van der Waals surface area (Å²) in [7, 11) is 1.49. The average Bonchev–Trinajstić information content (AvgIpc) is 2.87. The van der Waals surface area contributed by atoms with Gasteiger partial charge in [-0.2, -0.15) is 4.98 Å². The number of aryl methyl sites for hydroxylation is 1. The fourth-order valence-electron chi connectivity index (χ4n) is 3.18. The molecule has 2 heterocycles. The number of aromatic hydroxyl groups is 1. The third-order valence-corrected chi connectivity index (χ3v) is 4.76. The number of carbonyl (C=O) groups excluding carboxylic acids is 1. The Hall–Kier alpha value is -2.58. The molecule has 1 aliphatic rings. The van der Waals surface area contributed by atoms with Crippen LogP contribution in [0.4, 0.5) is 11.8 Å². The van der Waals surface area contributed by atoms with Crippen LogP contribution in [0, 0.1) is 6.92 Å². The normalized spacial score (nSPS) is 17.4. The van der Waals surface area contributed by atoms with Crippen LogP contribution < -0.4 is 16.0 Å². The molecule has 1 fully saturated rings. The molecule has 1 atom stereocenters. The maximum Gasteiger partial charge on any atom is 0.254 e. The Kier molecular flexibility index (Phi) is 5.67. The van der Waals surface area contributed by atoms with Crippen LogP contribution in [-0.4, -0.2) is 47.8 Å². The van der Waals surface area contributed by atoms with E-state index in [1.165, 1.54) is 19.2 Å². The zero-order valence-electron chi connectivity index (χ0n) is 15.2. The number of anilines is 2. The Labute approximate surface area is 162 Å². The summed E-state index contributed by atoms with van der Waals surface area (Å²) in [5.74, 6) is 0.310. The molecule has 0 radical (unpaired) electrons. The zero-order valence-corrected chi connectivity index (χ0v) is 16.0. The second kappa shape index (κ2) is 7.98. The first kappa shape index (κ1) is 19.2. The molecule has 0 saturated carbocycles. The number of phenolic OH excluding ortho intramolecular Hbond substituents is 1. The lowest BCUT2D eigenvalue weighted by molar-refractivity contribution is 0.0960. The number of phenols is 1. The van der Waals surface area contributed by atoms with Crippen molar-refractivity contribution in [3.05, 3.63) is 40.0 Å². The SMILES string of the molecule is CNC(=O)c1cc(Cl)c([C@H]2COCCCN2c2cc(C)nc(N)n2)cc1O. The van der Waals surface area contributed by atoms with Crippen molar-refractivity contribution in [2.45, 2.75) is 19.4 Å². The van der Waals surface area contributed by atoms with Crippen molar-refractivity contribution in [1.29, 1.82) is 0 Å². The van der Waals surface area contributed by atoms with Crippen molar-refractivity contribution >= 4 is 29.3 Å². The number of hydrogen-bond donors (Lipinski definition) is 3. The number of carbonyl (C=O) groups is 1. The van der Waals surface area contributed by atoms with Crippen LogP contribution in [0.15, 0.2) is 18.2 Å². The van der Waals surface area contributed by atoms with Gasteiger partial charge in [0.25, 0.3) is 5.91 Å². The number of benzene rings is 1. The van der Waals surface area contributed by atoms with Crippen LogP contribution in [0.3, 0.4) is 0 Å². The van der Waals surface area contributed by atoms with Crippen LogP contribution >= 0.6 is 11.6 Å². The van der Waals surface area contributed by atoms with Crippen LogP contribution in [0.5, 0.6) is 5.75 Å². The first-order valence-electron chi connectivity index (χ1n) is 8.60. The standard InChI is InChI=1S/C18H22ClN5O3/c1-10-6-16(23-18(20)22-10)24-4-3-5-27-9-14(24)11-8-15(25)12(7-13(11)19)17(26)21-2/h6-8,14,25H,3-5,9H2,1-2H3,(H,21,26)(H2,20,22,23)/t14-/m1/s1. The lowest BCUT2D eigenvalue weighted by Crippen LogP contribution is -2.32. The molecule has 1 aromatic carbocycles. The number of nitrogen functional groups attached to an aromatic ring is 1. The molecule has 3 rings (SSSR count). The number of hydrogen-bond acceptors (Lipinski definition) is 7. The number of amides is 1. The van der Waals surface area contributed by atoms with Gasteiger partial charge in [-0.05, 0) is 31.0 Å². The highest BCUT2D eigenvalue weighted by molar-refractivity contribution is 6.32. The van der Waals surface area contributed by atoms with Crippen molar-refractivity contribution in [3.8, 4) is 5.75 Å². The molecule has 0 spiro atoms. The zero-order chi connectivity index (χ0) is 19.6. The van der Waals surface area contributed by atoms with Crippen LogP contribution in [0.1, 0.15) is 34.1 Å². The molecule has 1 amide bonds.